The van der Waals surface area contributed by atoms with Gasteiger partial charge < -0.3 is 15.2 Å². The Morgan fingerprint density at radius 3 is 2.60 bits per heavy atom. The molecule has 0 aliphatic carbocycles. The maximum Gasteiger partial charge on any atom is 0.161 e. The van der Waals surface area contributed by atoms with E-state index >= 15 is 0 Å². The van der Waals surface area contributed by atoms with Gasteiger partial charge in [-0.05, 0) is 37.1 Å². The summed E-state index contributed by atoms with van der Waals surface area (Å²) < 4.78 is 10.7. The zero-order valence-corrected chi connectivity index (χ0v) is 9.62. The molecule has 15 heavy (non-hydrogen) atoms. The second kappa shape index (κ2) is 5.61. The molecule has 0 saturated carbocycles. The van der Waals surface area contributed by atoms with Crippen LogP contribution in [-0.2, 0) is 0 Å². The normalized spacial score (nSPS) is 12.3. The Kier molecular flexibility index (Phi) is 4.43. The molecule has 0 fully saturated rings. The van der Waals surface area contributed by atoms with Crippen LogP contribution in [0, 0.1) is 0 Å². The van der Waals surface area contributed by atoms with E-state index < -0.39 is 0 Å². The number of hydrogen-bond acceptors (Lipinski definition) is 3. The van der Waals surface area contributed by atoms with Gasteiger partial charge in [-0.25, -0.2) is 0 Å². The van der Waals surface area contributed by atoms with Crippen LogP contribution in [0.3, 0.4) is 0 Å². The Bertz CT molecular complexity index is 312. The maximum atomic E-state index is 5.62. The molecule has 0 spiro atoms. The van der Waals surface area contributed by atoms with E-state index in [-0.39, 0.29) is 0 Å². The van der Waals surface area contributed by atoms with E-state index in [0.29, 0.717) is 19.1 Å². The lowest BCUT2D eigenvalue weighted by atomic mass is 10.0. The van der Waals surface area contributed by atoms with Crippen LogP contribution in [0.2, 0.25) is 0 Å². The summed E-state index contributed by atoms with van der Waals surface area (Å²) in [5.41, 5.74) is 6.80. The molecule has 0 amide bonds. The predicted octanol–water partition coefficient (Wildman–Crippen LogP) is 2.16. The van der Waals surface area contributed by atoms with Crippen molar-refractivity contribution in [2.75, 3.05) is 20.3 Å². The Labute approximate surface area is 91.2 Å². The molecule has 1 atom stereocenters. The van der Waals surface area contributed by atoms with Gasteiger partial charge in [0, 0.05) is 0 Å². The van der Waals surface area contributed by atoms with Gasteiger partial charge in [0.25, 0.3) is 0 Å². The average Bonchev–Trinajstić information content (AvgIpc) is 2.29. The quantitative estimate of drug-likeness (QED) is 0.808. The number of nitrogens with two attached hydrogens (primary N) is 1. The highest BCUT2D eigenvalue weighted by atomic mass is 16.5. The molecule has 0 bridgehead atoms. The van der Waals surface area contributed by atoms with Crippen molar-refractivity contribution in [1.82, 2.24) is 0 Å². The Morgan fingerprint density at radius 1 is 1.33 bits per heavy atom. The topological polar surface area (TPSA) is 44.5 Å². The predicted molar refractivity (Wildman–Crippen MR) is 61.6 cm³/mol. The highest BCUT2D eigenvalue weighted by molar-refractivity contribution is 5.43. The van der Waals surface area contributed by atoms with Crippen LogP contribution in [0.4, 0.5) is 0 Å². The van der Waals surface area contributed by atoms with Crippen molar-refractivity contribution in [2.24, 2.45) is 5.73 Å². The largest absolute Gasteiger partial charge is 0.493 e. The molecule has 84 valence electrons. The first kappa shape index (κ1) is 11.9. The zero-order chi connectivity index (χ0) is 11.3. The summed E-state index contributed by atoms with van der Waals surface area (Å²) in [6, 6.07) is 5.96. The van der Waals surface area contributed by atoms with Crippen molar-refractivity contribution in [3.05, 3.63) is 23.8 Å². The minimum atomic E-state index is 0.342. The van der Waals surface area contributed by atoms with E-state index in [4.69, 9.17) is 15.2 Å². The van der Waals surface area contributed by atoms with Crippen LogP contribution in [0.25, 0.3) is 0 Å². The van der Waals surface area contributed by atoms with E-state index in [2.05, 4.69) is 6.92 Å². The molecule has 3 nitrogen and oxygen atoms in total. The molecular formula is C12H19NO2. The molecule has 0 heterocycles. The van der Waals surface area contributed by atoms with Crippen LogP contribution in [0.15, 0.2) is 18.2 Å². The van der Waals surface area contributed by atoms with E-state index in [9.17, 15) is 0 Å². The molecular weight excluding hydrogens is 190 g/mol. The standard InChI is InChI=1S/C12H19NO2/c1-4-15-11-6-5-10(9(2)8-13)7-12(11)14-3/h5-7,9H,4,8,13H2,1-3H3. The summed E-state index contributed by atoms with van der Waals surface area (Å²) in [6.07, 6.45) is 0. The summed E-state index contributed by atoms with van der Waals surface area (Å²) in [5.74, 6) is 1.90. The van der Waals surface area contributed by atoms with Crippen LogP contribution in [0.1, 0.15) is 25.3 Å². The summed E-state index contributed by atoms with van der Waals surface area (Å²) >= 11 is 0. The summed E-state index contributed by atoms with van der Waals surface area (Å²) in [6.45, 7) is 5.32. The molecule has 1 rings (SSSR count). The van der Waals surface area contributed by atoms with E-state index in [1.807, 2.05) is 25.1 Å². The molecule has 2 N–H and O–H groups in total. The third-order valence-electron chi connectivity index (χ3n) is 2.41. The monoisotopic (exact) mass is 209 g/mol. The third-order valence-corrected chi connectivity index (χ3v) is 2.41. The Balaban J connectivity index is 2.96. The SMILES string of the molecule is CCOc1ccc(C(C)CN)cc1OC. The minimum Gasteiger partial charge on any atom is -0.493 e. The van der Waals surface area contributed by atoms with Crippen molar-refractivity contribution in [1.29, 1.82) is 0 Å². The number of benzene rings is 1. The van der Waals surface area contributed by atoms with Gasteiger partial charge in [-0.1, -0.05) is 13.0 Å². The maximum absolute atomic E-state index is 5.62. The summed E-state index contributed by atoms with van der Waals surface area (Å²) in [5, 5.41) is 0. The van der Waals surface area contributed by atoms with Crippen molar-refractivity contribution in [2.45, 2.75) is 19.8 Å². The lowest BCUT2D eigenvalue weighted by molar-refractivity contribution is 0.310. The van der Waals surface area contributed by atoms with Gasteiger partial charge in [-0.15, -0.1) is 0 Å². The van der Waals surface area contributed by atoms with Gasteiger partial charge in [0.2, 0.25) is 0 Å². The molecule has 0 aliphatic rings. The molecule has 0 aliphatic heterocycles. The minimum absolute atomic E-state index is 0.342. The number of ether oxygens (including phenoxy) is 2. The first-order valence-electron chi connectivity index (χ1n) is 5.23. The lowest BCUT2D eigenvalue weighted by Gasteiger charge is -2.13. The highest BCUT2D eigenvalue weighted by Crippen LogP contribution is 2.30. The second-order valence-corrected chi connectivity index (χ2v) is 3.48. The highest BCUT2D eigenvalue weighted by Gasteiger charge is 2.08. The number of rotatable bonds is 5. The van der Waals surface area contributed by atoms with Gasteiger partial charge in [-0.2, -0.15) is 0 Å². The van der Waals surface area contributed by atoms with Gasteiger partial charge in [0.15, 0.2) is 11.5 Å². The van der Waals surface area contributed by atoms with Crippen LogP contribution in [-0.4, -0.2) is 20.3 Å². The Hall–Kier alpha value is -1.22. The summed E-state index contributed by atoms with van der Waals surface area (Å²) in [4.78, 5) is 0. The van der Waals surface area contributed by atoms with E-state index in [0.717, 1.165) is 11.5 Å². The fourth-order valence-electron chi connectivity index (χ4n) is 1.40. The number of methoxy groups -OCH3 is 1. The first-order chi connectivity index (χ1) is 7.22. The fraction of sp³-hybridized carbons (Fsp3) is 0.500. The smallest absolute Gasteiger partial charge is 0.161 e. The molecule has 0 aromatic heterocycles. The van der Waals surface area contributed by atoms with Crippen molar-refractivity contribution >= 4 is 0 Å². The van der Waals surface area contributed by atoms with Gasteiger partial charge in [-0.3, -0.25) is 0 Å². The molecule has 1 aromatic rings. The van der Waals surface area contributed by atoms with Crippen molar-refractivity contribution < 1.29 is 9.47 Å². The number of hydrogen-bond donors (Lipinski definition) is 1. The molecule has 1 unspecified atom stereocenters. The molecule has 0 radical (unpaired) electrons. The van der Waals surface area contributed by atoms with Crippen LogP contribution >= 0.6 is 0 Å². The van der Waals surface area contributed by atoms with Crippen molar-refractivity contribution in [3.8, 4) is 11.5 Å². The summed E-state index contributed by atoms with van der Waals surface area (Å²) in [7, 11) is 1.65. The fourth-order valence-corrected chi connectivity index (χ4v) is 1.40. The van der Waals surface area contributed by atoms with Crippen molar-refractivity contribution in [3.63, 3.8) is 0 Å². The Morgan fingerprint density at radius 2 is 2.07 bits per heavy atom. The zero-order valence-electron chi connectivity index (χ0n) is 9.62. The molecule has 3 heteroatoms. The second-order valence-electron chi connectivity index (χ2n) is 3.48. The van der Waals surface area contributed by atoms with Crippen LogP contribution < -0.4 is 15.2 Å². The first-order valence-corrected chi connectivity index (χ1v) is 5.23. The van der Waals surface area contributed by atoms with Gasteiger partial charge >= 0.3 is 0 Å². The third kappa shape index (κ3) is 2.86. The van der Waals surface area contributed by atoms with E-state index in [1.54, 1.807) is 7.11 Å². The average molecular weight is 209 g/mol. The van der Waals surface area contributed by atoms with Gasteiger partial charge in [0.05, 0.1) is 13.7 Å². The molecule has 0 saturated heterocycles. The van der Waals surface area contributed by atoms with Crippen LogP contribution in [0.5, 0.6) is 11.5 Å². The van der Waals surface area contributed by atoms with Gasteiger partial charge in [0.1, 0.15) is 0 Å². The van der Waals surface area contributed by atoms with E-state index in [1.165, 1.54) is 5.56 Å². The lowest BCUT2D eigenvalue weighted by Crippen LogP contribution is -2.09. The molecule has 1 aromatic carbocycles.